The molecular weight excluding hydrogens is 280 g/mol. The maximum atomic E-state index is 12.2. The number of nitrogens with zero attached hydrogens (tertiary/aromatic N) is 1. The van der Waals surface area contributed by atoms with Crippen LogP contribution in [0.3, 0.4) is 0 Å². The van der Waals surface area contributed by atoms with Crippen LogP contribution >= 0.6 is 11.3 Å². The number of rotatable bonds is 3. The number of carbonyl (C=O) groups is 1. The second kappa shape index (κ2) is 5.50. The summed E-state index contributed by atoms with van der Waals surface area (Å²) < 4.78 is 1.13. The minimum atomic E-state index is -0.128. The largest absolute Gasteiger partial charge is 0.322 e. The van der Waals surface area contributed by atoms with E-state index in [1.54, 1.807) is 29.5 Å². The molecule has 21 heavy (non-hydrogen) atoms. The normalized spacial score (nSPS) is 10.5. The summed E-state index contributed by atoms with van der Waals surface area (Å²) in [4.78, 5) is 16.6. The Morgan fingerprint density at radius 2 is 2.00 bits per heavy atom. The number of benzene rings is 2. The maximum Gasteiger partial charge on any atom is 0.255 e. The number of amides is 1. The van der Waals surface area contributed by atoms with Crippen molar-refractivity contribution >= 4 is 39.2 Å². The van der Waals surface area contributed by atoms with Crippen molar-refractivity contribution < 1.29 is 4.79 Å². The van der Waals surface area contributed by atoms with E-state index < -0.39 is 0 Å². The lowest BCUT2D eigenvalue weighted by Gasteiger charge is -2.05. The van der Waals surface area contributed by atoms with E-state index in [0.29, 0.717) is 5.56 Å². The summed E-state index contributed by atoms with van der Waals surface area (Å²) in [5.74, 6) is -0.128. The Hall–Kier alpha value is -2.46. The third kappa shape index (κ3) is 2.85. The summed E-state index contributed by atoms with van der Waals surface area (Å²) in [6, 6.07) is 13.1. The van der Waals surface area contributed by atoms with Gasteiger partial charge in [0.05, 0.1) is 15.2 Å². The molecule has 3 aromatic rings. The van der Waals surface area contributed by atoms with Gasteiger partial charge in [-0.2, -0.15) is 0 Å². The third-order valence-electron chi connectivity index (χ3n) is 3.16. The van der Waals surface area contributed by atoms with E-state index in [4.69, 9.17) is 0 Å². The molecule has 0 atom stereocenters. The van der Waals surface area contributed by atoms with E-state index in [0.717, 1.165) is 26.5 Å². The molecule has 0 saturated heterocycles. The van der Waals surface area contributed by atoms with Gasteiger partial charge in [-0.05, 0) is 42.8 Å². The van der Waals surface area contributed by atoms with E-state index in [1.165, 1.54) is 0 Å². The lowest BCUT2D eigenvalue weighted by Crippen LogP contribution is -2.11. The number of aryl methyl sites for hydroxylation is 1. The number of carbonyl (C=O) groups excluding carboxylic acids is 1. The smallest absolute Gasteiger partial charge is 0.255 e. The highest BCUT2D eigenvalue weighted by atomic mass is 32.1. The first-order valence-corrected chi connectivity index (χ1v) is 7.38. The molecule has 4 heteroatoms. The fourth-order valence-electron chi connectivity index (χ4n) is 2.09. The molecule has 0 aliphatic heterocycles. The molecule has 2 aromatic carbocycles. The van der Waals surface area contributed by atoms with Crippen molar-refractivity contribution in [3.05, 3.63) is 65.2 Å². The van der Waals surface area contributed by atoms with Crippen LogP contribution in [0, 0.1) is 6.92 Å². The van der Waals surface area contributed by atoms with Gasteiger partial charge in [0.1, 0.15) is 0 Å². The van der Waals surface area contributed by atoms with Gasteiger partial charge in [-0.25, -0.2) is 4.98 Å². The van der Waals surface area contributed by atoms with Crippen LogP contribution in [-0.4, -0.2) is 10.9 Å². The highest BCUT2D eigenvalue weighted by molar-refractivity contribution is 7.18. The monoisotopic (exact) mass is 294 g/mol. The molecule has 3 nitrogen and oxygen atoms in total. The fourth-order valence-corrected chi connectivity index (χ4v) is 2.90. The first-order valence-electron chi connectivity index (χ1n) is 6.57. The maximum absolute atomic E-state index is 12.2. The summed E-state index contributed by atoms with van der Waals surface area (Å²) in [7, 11) is 0. The number of fused-ring (bicyclic) bond motifs is 1. The number of anilines is 1. The van der Waals surface area contributed by atoms with Gasteiger partial charge in [-0.1, -0.05) is 24.8 Å². The number of hydrogen-bond donors (Lipinski definition) is 1. The van der Waals surface area contributed by atoms with Gasteiger partial charge in [0.25, 0.3) is 5.91 Å². The van der Waals surface area contributed by atoms with E-state index in [9.17, 15) is 4.79 Å². The summed E-state index contributed by atoms with van der Waals surface area (Å²) in [6.07, 6.45) is 1.75. The molecule has 0 bridgehead atoms. The van der Waals surface area contributed by atoms with Crippen molar-refractivity contribution in [3.8, 4) is 0 Å². The van der Waals surface area contributed by atoms with Crippen LogP contribution in [0.25, 0.3) is 16.3 Å². The number of hydrogen-bond acceptors (Lipinski definition) is 3. The minimum Gasteiger partial charge on any atom is -0.322 e. The molecule has 0 spiro atoms. The van der Waals surface area contributed by atoms with Gasteiger partial charge >= 0.3 is 0 Å². The van der Waals surface area contributed by atoms with Crippen LogP contribution in [0.1, 0.15) is 20.9 Å². The molecule has 0 saturated carbocycles. The molecule has 0 unspecified atom stereocenters. The van der Waals surface area contributed by atoms with Crippen LogP contribution in [0.2, 0.25) is 0 Å². The van der Waals surface area contributed by atoms with Crippen LogP contribution in [-0.2, 0) is 0 Å². The summed E-state index contributed by atoms with van der Waals surface area (Å²) in [5, 5.41) is 3.92. The van der Waals surface area contributed by atoms with Crippen molar-refractivity contribution in [1.82, 2.24) is 4.98 Å². The minimum absolute atomic E-state index is 0.128. The third-order valence-corrected chi connectivity index (χ3v) is 4.11. The van der Waals surface area contributed by atoms with Crippen molar-refractivity contribution in [2.24, 2.45) is 0 Å². The van der Waals surface area contributed by atoms with E-state index in [-0.39, 0.29) is 5.91 Å². The Bertz CT molecular complexity index is 818. The van der Waals surface area contributed by atoms with E-state index >= 15 is 0 Å². The van der Waals surface area contributed by atoms with Crippen molar-refractivity contribution in [1.29, 1.82) is 0 Å². The molecule has 1 N–H and O–H groups in total. The standard InChI is InChI=1S/C17H14N2OS/c1-3-12-4-6-13(7-5-12)17(20)19-14-8-9-16-15(10-14)18-11(2)21-16/h3-10H,1H2,2H3,(H,19,20). The molecule has 1 aromatic heterocycles. The second-order valence-corrected chi connectivity index (χ2v) is 5.93. The van der Waals surface area contributed by atoms with Gasteiger partial charge in [0.2, 0.25) is 0 Å². The molecule has 3 rings (SSSR count). The van der Waals surface area contributed by atoms with Crippen LogP contribution in [0.5, 0.6) is 0 Å². The second-order valence-electron chi connectivity index (χ2n) is 4.70. The van der Waals surface area contributed by atoms with E-state index in [2.05, 4.69) is 16.9 Å². The summed E-state index contributed by atoms with van der Waals surface area (Å²) in [6.45, 7) is 5.67. The number of aromatic nitrogens is 1. The lowest BCUT2D eigenvalue weighted by molar-refractivity contribution is 0.102. The average molecular weight is 294 g/mol. The number of nitrogens with one attached hydrogen (secondary N) is 1. The van der Waals surface area contributed by atoms with E-state index in [1.807, 2.05) is 37.3 Å². The summed E-state index contributed by atoms with van der Waals surface area (Å²) in [5.41, 5.74) is 3.28. The zero-order valence-electron chi connectivity index (χ0n) is 11.6. The molecule has 0 aliphatic carbocycles. The Balaban J connectivity index is 1.82. The molecule has 104 valence electrons. The molecular formula is C17H14N2OS. The quantitative estimate of drug-likeness (QED) is 0.772. The molecule has 0 fully saturated rings. The molecule has 1 amide bonds. The number of thiazole rings is 1. The van der Waals surface area contributed by atoms with Gasteiger partial charge < -0.3 is 5.32 Å². The summed E-state index contributed by atoms with van der Waals surface area (Å²) >= 11 is 1.65. The SMILES string of the molecule is C=Cc1ccc(C(=O)Nc2ccc3sc(C)nc3c2)cc1. The van der Waals surface area contributed by atoms with Crippen LogP contribution in [0.15, 0.2) is 49.0 Å². The van der Waals surface area contributed by atoms with Crippen molar-refractivity contribution in [2.75, 3.05) is 5.32 Å². The predicted molar refractivity (Wildman–Crippen MR) is 88.8 cm³/mol. The highest BCUT2D eigenvalue weighted by Gasteiger charge is 2.07. The molecule has 1 heterocycles. The van der Waals surface area contributed by atoms with Gasteiger partial charge in [0.15, 0.2) is 0 Å². The highest BCUT2D eigenvalue weighted by Crippen LogP contribution is 2.24. The van der Waals surface area contributed by atoms with Gasteiger partial charge in [-0.3, -0.25) is 4.79 Å². The van der Waals surface area contributed by atoms with Crippen LogP contribution < -0.4 is 5.32 Å². The Morgan fingerprint density at radius 3 is 2.71 bits per heavy atom. The first-order chi connectivity index (χ1) is 10.2. The zero-order chi connectivity index (χ0) is 14.8. The van der Waals surface area contributed by atoms with Gasteiger partial charge in [-0.15, -0.1) is 11.3 Å². The topological polar surface area (TPSA) is 42.0 Å². The Labute approximate surface area is 127 Å². The van der Waals surface area contributed by atoms with Crippen molar-refractivity contribution in [2.45, 2.75) is 6.92 Å². The van der Waals surface area contributed by atoms with Crippen molar-refractivity contribution in [3.63, 3.8) is 0 Å². The first kappa shape index (κ1) is 13.5. The fraction of sp³-hybridized carbons (Fsp3) is 0.0588. The predicted octanol–water partition coefficient (Wildman–Crippen LogP) is 4.50. The van der Waals surface area contributed by atoms with Gasteiger partial charge in [0, 0.05) is 11.3 Å². The van der Waals surface area contributed by atoms with Crippen LogP contribution in [0.4, 0.5) is 5.69 Å². The lowest BCUT2D eigenvalue weighted by atomic mass is 10.1. The Kier molecular flexibility index (Phi) is 3.54. The molecule has 0 radical (unpaired) electrons. The zero-order valence-corrected chi connectivity index (χ0v) is 12.4. The molecule has 0 aliphatic rings. The Morgan fingerprint density at radius 1 is 1.24 bits per heavy atom. The average Bonchev–Trinajstić information content (AvgIpc) is 2.86.